The van der Waals surface area contributed by atoms with Crippen molar-refractivity contribution in [3.05, 3.63) is 70.4 Å². The van der Waals surface area contributed by atoms with Gasteiger partial charge in [0.25, 0.3) is 5.91 Å². The van der Waals surface area contributed by atoms with Gasteiger partial charge in [0.15, 0.2) is 0 Å². The van der Waals surface area contributed by atoms with Crippen molar-refractivity contribution < 1.29 is 4.79 Å². The van der Waals surface area contributed by atoms with Gasteiger partial charge in [-0.3, -0.25) is 9.69 Å². The van der Waals surface area contributed by atoms with Gasteiger partial charge in [-0.1, -0.05) is 65.9 Å². The number of para-hydroxylation sites is 2. The largest absolute Gasteiger partial charge is 0.340 e. The smallest absolute Gasteiger partial charge is 0.266 e. The number of benzene rings is 2. The number of aromatic amines is 1. The second-order valence-electron chi connectivity index (χ2n) is 5.88. The van der Waals surface area contributed by atoms with Gasteiger partial charge in [0.1, 0.15) is 10.1 Å². The molecule has 6 heteroatoms. The number of hydrogen-bond donors (Lipinski definition) is 1. The van der Waals surface area contributed by atoms with E-state index in [0.717, 1.165) is 22.4 Å². The summed E-state index contributed by atoms with van der Waals surface area (Å²) < 4.78 is 0.559. The summed E-state index contributed by atoms with van der Waals surface area (Å²) in [4.78, 5) is 22.7. The van der Waals surface area contributed by atoms with Gasteiger partial charge in [0, 0.05) is 0 Å². The molecule has 0 bridgehead atoms. The fourth-order valence-electron chi connectivity index (χ4n) is 2.68. The third kappa shape index (κ3) is 3.23. The van der Waals surface area contributed by atoms with E-state index in [-0.39, 0.29) is 5.91 Å². The van der Waals surface area contributed by atoms with Crippen molar-refractivity contribution >= 4 is 51.3 Å². The van der Waals surface area contributed by atoms with E-state index < -0.39 is 0 Å². The van der Waals surface area contributed by atoms with Gasteiger partial charge in [0.2, 0.25) is 0 Å². The van der Waals surface area contributed by atoms with Gasteiger partial charge in [-0.2, -0.15) is 0 Å². The number of aryl methyl sites for hydroxylation is 1. The number of nitrogens with zero attached hydrogens (tertiary/aromatic N) is 2. The summed E-state index contributed by atoms with van der Waals surface area (Å²) in [5.74, 6) is 0.658. The lowest BCUT2D eigenvalue weighted by Gasteiger charge is -2.12. The summed E-state index contributed by atoms with van der Waals surface area (Å²) in [6.07, 6.45) is 1.89. The fraction of sp³-hybridized carbons (Fsp3) is 0.105. The van der Waals surface area contributed by atoms with Gasteiger partial charge < -0.3 is 4.98 Å². The van der Waals surface area contributed by atoms with Crippen LogP contribution in [0.15, 0.2) is 53.4 Å². The molecule has 2 heterocycles. The summed E-state index contributed by atoms with van der Waals surface area (Å²) in [6, 6.07) is 15.9. The van der Waals surface area contributed by atoms with E-state index in [0.29, 0.717) is 15.8 Å². The van der Waals surface area contributed by atoms with E-state index >= 15 is 0 Å². The zero-order valence-electron chi connectivity index (χ0n) is 13.5. The lowest BCUT2D eigenvalue weighted by Crippen LogP contribution is -2.27. The van der Waals surface area contributed by atoms with Gasteiger partial charge in [0.05, 0.1) is 22.5 Å². The Labute approximate surface area is 154 Å². The molecule has 0 unspecified atom stereocenters. The number of amides is 1. The van der Waals surface area contributed by atoms with E-state index in [1.165, 1.54) is 17.3 Å². The number of carbonyl (C=O) groups is 1. The van der Waals surface area contributed by atoms with Crippen molar-refractivity contribution in [1.29, 1.82) is 0 Å². The fourth-order valence-corrected chi connectivity index (χ4v) is 3.94. The van der Waals surface area contributed by atoms with Crippen LogP contribution in [0.5, 0.6) is 0 Å². The van der Waals surface area contributed by atoms with Crippen molar-refractivity contribution in [1.82, 2.24) is 14.9 Å². The number of thiocarbonyl (C=S) groups is 1. The van der Waals surface area contributed by atoms with Crippen molar-refractivity contribution in [3.8, 4) is 0 Å². The summed E-state index contributed by atoms with van der Waals surface area (Å²) in [5.41, 5.74) is 4.03. The SMILES string of the molecule is Cc1ccc(/C=C2\SC(=S)N(Cc3nc4ccccc4[nH]3)C2=O)cc1. The molecule has 4 nitrogen and oxygen atoms in total. The van der Waals surface area contributed by atoms with E-state index in [4.69, 9.17) is 12.2 Å². The normalized spacial score (nSPS) is 16.4. The summed E-state index contributed by atoms with van der Waals surface area (Å²) >= 11 is 6.73. The van der Waals surface area contributed by atoms with E-state index in [2.05, 4.69) is 9.97 Å². The lowest BCUT2D eigenvalue weighted by atomic mass is 10.1. The number of imidazole rings is 1. The molecule has 0 radical (unpaired) electrons. The van der Waals surface area contributed by atoms with Crippen LogP contribution in [0.1, 0.15) is 17.0 Å². The molecular weight excluding hydrogens is 350 g/mol. The quantitative estimate of drug-likeness (QED) is 0.556. The molecule has 3 aromatic rings. The molecule has 1 aliphatic rings. The second-order valence-corrected chi connectivity index (χ2v) is 7.55. The van der Waals surface area contributed by atoms with E-state index in [1.807, 2.05) is 61.5 Å². The van der Waals surface area contributed by atoms with Crippen molar-refractivity contribution in [2.45, 2.75) is 13.5 Å². The zero-order valence-corrected chi connectivity index (χ0v) is 15.2. The summed E-state index contributed by atoms with van der Waals surface area (Å²) in [5, 5.41) is 0. The first-order valence-electron chi connectivity index (χ1n) is 7.86. The molecule has 0 aliphatic carbocycles. The monoisotopic (exact) mass is 365 g/mol. The van der Waals surface area contributed by atoms with Crippen LogP contribution in [-0.2, 0) is 11.3 Å². The van der Waals surface area contributed by atoms with Crippen molar-refractivity contribution in [3.63, 3.8) is 0 Å². The molecule has 2 aromatic carbocycles. The predicted molar refractivity (Wildman–Crippen MR) is 106 cm³/mol. The third-order valence-corrected chi connectivity index (χ3v) is 5.37. The lowest BCUT2D eigenvalue weighted by molar-refractivity contribution is -0.122. The van der Waals surface area contributed by atoms with Crippen LogP contribution in [0.2, 0.25) is 0 Å². The number of fused-ring (bicyclic) bond motifs is 1. The first kappa shape index (κ1) is 16.1. The number of H-pyrrole nitrogens is 1. The van der Waals surface area contributed by atoms with Crippen LogP contribution in [0, 0.1) is 6.92 Å². The van der Waals surface area contributed by atoms with Crippen LogP contribution >= 0.6 is 24.0 Å². The first-order valence-corrected chi connectivity index (χ1v) is 9.08. The van der Waals surface area contributed by atoms with Crippen molar-refractivity contribution in [2.24, 2.45) is 0 Å². The second kappa shape index (κ2) is 6.46. The molecule has 1 aromatic heterocycles. The topological polar surface area (TPSA) is 49.0 Å². The Balaban J connectivity index is 1.57. The molecule has 25 heavy (non-hydrogen) atoms. The Kier molecular flexibility index (Phi) is 4.15. The average Bonchev–Trinajstić information content (AvgIpc) is 3.13. The molecule has 1 amide bonds. The highest BCUT2D eigenvalue weighted by Gasteiger charge is 2.32. The first-order chi connectivity index (χ1) is 12.1. The maximum atomic E-state index is 12.7. The average molecular weight is 365 g/mol. The van der Waals surface area contributed by atoms with Gasteiger partial charge in [-0.15, -0.1) is 0 Å². The maximum absolute atomic E-state index is 12.7. The molecule has 4 rings (SSSR count). The van der Waals surface area contributed by atoms with Crippen LogP contribution < -0.4 is 0 Å². The molecule has 1 aliphatic heterocycles. The molecule has 1 fully saturated rings. The van der Waals surface area contributed by atoms with Crippen LogP contribution in [0.25, 0.3) is 17.1 Å². The summed E-state index contributed by atoms with van der Waals surface area (Å²) in [7, 11) is 0. The predicted octanol–water partition coefficient (Wildman–Crippen LogP) is 4.27. The molecule has 1 saturated heterocycles. The minimum absolute atomic E-state index is 0.0731. The van der Waals surface area contributed by atoms with Gasteiger partial charge >= 0.3 is 0 Å². The number of hydrogen-bond acceptors (Lipinski definition) is 4. The molecule has 1 N–H and O–H groups in total. The highest BCUT2D eigenvalue weighted by Crippen LogP contribution is 2.33. The van der Waals surface area contributed by atoms with Crippen LogP contribution in [0.4, 0.5) is 0 Å². The number of rotatable bonds is 3. The highest BCUT2D eigenvalue weighted by atomic mass is 32.2. The molecule has 0 spiro atoms. The molecule has 0 atom stereocenters. The summed E-state index contributed by atoms with van der Waals surface area (Å²) in [6.45, 7) is 2.39. The molecular formula is C19H15N3OS2. The minimum Gasteiger partial charge on any atom is -0.340 e. The Hall–Kier alpha value is -2.44. The standard InChI is InChI=1S/C19H15N3OS2/c1-12-6-8-13(9-7-12)10-16-18(23)22(19(24)25-16)11-17-20-14-4-2-3-5-15(14)21-17/h2-10H,11H2,1H3,(H,20,21)/b16-10-. The minimum atomic E-state index is -0.0731. The van der Waals surface area contributed by atoms with E-state index in [1.54, 1.807) is 4.90 Å². The Morgan fingerprint density at radius 3 is 2.72 bits per heavy atom. The van der Waals surface area contributed by atoms with Gasteiger partial charge in [-0.25, -0.2) is 4.98 Å². The highest BCUT2D eigenvalue weighted by molar-refractivity contribution is 8.26. The number of nitrogens with one attached hydrogen (secondary N) is 1. The van der Waals surface area contributed by atoms with Crippen molar-refractivity contribution in [2.75, 3.05) is 0 Å². The third-order valence-electron chi connectivity index (χ3n) is 4.00. The number of aromatic nitrogens is 2. The Morgan fingerprint density at radius 2 is 1.96 bits per heavy atom. The van der Waals surface area contributed by atoms with Gasteiger partial charge in [-0.05, 0) is 30.7 Å². The Bertz CT molecular complexity index is 972. The molecule has 0 saturated carbocycles. The van der Waals surface area contributed by atoms with E-state index in [9.17, 15) is 4.79 Å². The van der Waals surface area contributed by atoms with Crippen LogP contribution in [-0.4, -0.2) is 25.1 Å². The Morgan fingerprint density at radius 1 is 1.20 bits per heavy atom. The zero-order chi connectivity index (χ0) is 17.4. The maximum Gasteiger partial charge on any atom is 0.266 e. The number of carbonyl (C=O) groups excluding carboxylic acids is 1. The number of thioether (sulfide) groups is 1. The molecule has 124 valence electrons. The van der Waals surface area contributed by atoms with Crippen LogP contribution in [0.3, 0.4) is 0 Å².